The number of rotatable bonds is 4. The summed E-state index contributed by atoms with van der Waals surface area (Å²) in [5.41, 5.74) is 6.15. The fourth-order valence-electron chi connectivity index (χ4n) is 2.01. The fraction of sp³-hybridized carbons (Fsp3) is 0.385. The van der Waals surface area contributed by atoms with Gasteiger partial charge in [-0.25, -0.2) is 9.18 Å². The molecular formula is C13H17FN4O2. The third-order valence-corrected chi connectivity index (χ3v) is 3.20. The first-order valence-electron chi connectivity index (χ1n) is 6.32. The first-order valence-corrected chi connectivity index (χ1v) is 6.32. The summed E-state index contributed by atoms with van der Waals surface area (Å²) >= 11 is 0. The van der Waals surface area contributed by atoms with E-state index in [1.165, 1.54) is 12.1 Å². The molecule has 3 N–H and O–H groups in total. The number of benzene rings is 1. The van der Waals surface area contributed by atoms with Crippen LogP contribution in [0.3, 0.4) is 0 Å². The second-order valence-corrected chi connectivity index (χ2v) is 4.72. The maximum Gasteiger partial charge on any atom is 0.319 e. The molecule has 2 rings (SSSR count). The minimum Gasteiger partial charge on any atom is -0.397 e. The molecule has 1 saturated heterocycles. The molecule has 3 amide bonds. The summed E-state index contributed by atoms with van der Waals surface area (Å²) in [6, 6.07) is 3.72. The Bertz CT molecular complexity index is 535. The van der Waals surface area contributed by atoms with Gasteiger partial charge in [0.15, 0.2) is 0 Å². The summed E-state index contributed by atoms with van der Waals surface area (Å²) in [4.78, 5) is 26.6. The van der Waals surface area contributed by atoms with Crippen molar-refractivity contribution in [2.75, 3.05) is 37.7 Å². The molecule has 1 fully saturated rings. The summed E-state index contributed by atoms with van der Waals surface area (Å²) in [6.07, 6.45) is 0.177. The van der Waals surface area contributed by atoms with Crippen LogP contribution >= 0.6 is 0 Å². The monoisotopic (exact) mass is 280 g/mol. The van der Waals surface area contributed by atoms with Crippen molar-refractivity contribution >= 4 is 23.3 Å². The molecule has 6 nitrogen and oxygen atoms in total. The zero-order chi connectivity index (χ0) is 14.7. The van der Waals surface area contributed by atoms with Gasteiger partial charge in [0.1, 0.15) is 5.82 Å². The molecule has 0 unspecified atom stereocenters. The molecule has 1 aromatic carbocycles. The molecule has 0 bridgehead atoms. The first-order chi connectivity index (χ1) is 9.47. The van der Waals surface area contributed by atoms with Crippen molar-refractivity contribution < 1.29 is 14.0 Å². The molecular weight excluding hydrogens is 263 g/mol. The van der Waals surface area contributed by atoms with Crippen LogP contribution < -0.4 is 11.1 Å². The minimum absolute atomic E-state index is 0.0703. The second-order valence-electron chi connectivity index (χ2n) is 4.72. The number of hydrogen-bond acceptors (Lipinski definition) is 3. The zero-order valence-corrected chi connectivity index (χ0v) is 11.2. The van der Waals surface area contributed by atoms with Crippen LogP contribution in [0.2, 0.25) is 0 Å². The predicted octanol–water partition coefficient (Wildman–Crippen LogP) is 1.10. The molecule has 0 radical (unpaired) electrons. The van der Waals surface area contributed by atoms with E-state index in [1.807, 2.05) is 0 Å². The van der Waals surface area contributed by atoms with E-state index in [4.69, 9.17) is 5.73 Å². The van der Waals surface area contributed by atoms with E-state index in [1.54, 1.807) is 16.8 Å². The molecule has 1 aliphatic rings. The molecule has 108 valence electrons. The number of hydrogen-bond donors (Lipinski definition) is 2. The average Bonchev–Trinajstić information content (AvgIpc) is 2.71. The standard InChI is InChI=1S/C13H17FN4O2/c1-17-6-7-18(13(17)20)5-4-12(19)16-11-3-2-9(14)8-10(11)15/h2-3,8H,4-7,15H2,1H3,(H,16,19). The number of carbonyl (C=O) groups is 2. The first kappa shape index (κ1) is 14.1. The van der Waals surface area contributed by atoms with E-state index < -0.39 is 5.82 Å². The summed E-state index contributed by atoms with van der Waals surface area (Å²) in [7, 11) is 1.72. The van der Waals surface area contributed by atoms with Crippen LogP contribution in [0, 0.1) is 5.82 Å². The number of nitrogens with one attached hydrogen (secondary N) is 1. The smallest absolute Gasteiger partial charge is 0.319 e. The van der Waals surface area contributed by atoms with E-state index in [0.717, 1.165) is 6.07 Å². The lowest BCUT2D eigenvalue weighted by atomic mass is 10.2. The van der Waals surface area contributed by atoms with E-state index in [9.17, 15) is 14.0 Å². The highest BCUT2D eigenvalue weighted by molar-refractivity contribution is 5.94. The summed E-state index contributed by atoms with van der Waals surface area (Å²) in [5.74, 6) is -0.711. The van der Waals surface area contributed by atoms with Crippen molar-refractivity contribution in [3.05, 3.63) is 24.0 Å². The van der Waals surface area contributed by atoms with Gasteiger partial charge in [-0.2, -0.15) is 0 Å². The van der Waals surface area contributed by atoms with Crippen molar-refractivity contribution in [1.29, 1.82) is 0 Å². The number of nitrogen functional groups attached to an aromatic ring is 1. The molecule has 1 aliphatic heterocycles. The Morgan fingerprint density at radius 3 is 2.80 bits per heavy atom. The van der Waals surface area contributed by atoms with Gasteiger partial charge in [0, 0.05) is 33.1 Å². The van der Waals surface area contributed by atoms with E-state index >= 15 is 0 Å². The highest BCUT2D eigenvalue weighted by Crippen LogP contribution is 2.19. The Morgan fingerprint density at radius 2 is 2.20 bits per heavy atom. The molecule has 1 heterocycles. The van der Waals surface area contributed by atoms with Crippen LogP contribution in [0.4, 0.5) is 20.6 Å². The van der Waals surface area contributed by atoms with Crippen LogP contribution in [0.25, 0.3) is 0 Å². The topological polar surface area (TPSA) is 78.7 Å². The van der Waals surface area contributed by atoms with Gasteiger partial charge in [0.25, 0.3) is 0 Å². The predicted molar refractivity (Wildman–Crippen MR) is 73.7 cm³/mol. The maximum atomic E-state index is 12.9. The fourth-order valence-corrected chi connectivity index (χ4v) is 2.01. The molecule has 7 heteroatoms. The van der Waals surface area contributed by atoms with Gasteiger partial charge in [-0.1, -0.05) is 0 Å². The number of anilines is 2. The van der Waals surface area contributed by atoms with E-state index in [0.29, 0.717) is 25.3 Å². The van der Waals surface area contributed by atoms with E-state index in [-0.39, 0.29) is 24.0 Å². The Morgan fingerprint density at radius 1 is 1.45 bits per heavy atom. The molecule has 0 atom stereocenters. The van der Waals surface area contributed by atoms with Crippen molar-refractivity contribution in [3.8, 4) is 0 Å². The Labute approximate surface area is 116 Å². The number of nitrogens with two attached hydrogens (primary N) is 1. The normalized spacial score (nSPS) is 14.8. The highest BCUT2D eigenvalue weighted by Gasteiger charge is 2.25. The highest BCUT2D eigenvalue weighted by atomic mass is 19.1. The second kappa shape index (κ2) is 5.77. The number of nitrogens with zero attached hydrogens (tertiary/aromatic N) is 2. The van der Waals surface area contributed by atoms with Crippen LogP contribution in [0.5, 0.6) is 0 Å². The Balaban J connectivity index is 1.85. The zero-order valence-electron chi connectivity index (χ0n) is 11.2. The number of carbonyl (C=O) groups excluding carboxylic acids is 2. The lowest BCUT2D eigenvalue weighted by Crippen LogP contribution is -2.32. The van der Waals surface area contributed by atoms with Gasteiger partial charge in [0.2, 0.25) is 5.91 Å². The van der Waals surface area contributed by atoms with Gasteiger partial charge in [-0.15, -0.1) is 0 Å². The van der Waals surface area contributed by atoms with E-state index in [2.05, 4.69) is 5.32 Å². The Hall–Kier alpha value is -2.31. The summed E-state index contributed by atoms with van der Waals surface area (Å²) < 4.78 is 12.9. The van der Waals surface area contributed by atoms with Gasteiger partial charge >= 0.3 is 6.03 Å². The lowest BCUT2D eigenvalue weighted by molar-refractivity contribution is -0.116. The lowest BCUT2D eigenvalue weighted by Gasteiger charge is -2.15. The number of urea groups is 1. The third-order valence-electron chi connectivity index (χ3n) is 3.20. The van der Waals surface area contributed by atoms with Crippen molar-refractivity contribution in [1.82, 2.24) is 9.80 Å². The Kier molecular flexibility index (Phi) is 4.07. The molecule has 0 spiro atoms. The summed E-state index contributed by atoms with van der Waals surface area (Å²) in [5, 5.41) is 2.61. The van der Waals surface area contributed by atoms with Crippen LogP contribution in [0.1, 0.15) is 6.42 Å². The number of likely N-dealkylation sites (N-methyl/N-ethyl adjacent to an activating group) is 1. The van der Waals surface area contributed by atoms with Crippen LogP contribution in [-0.4, -0.2) is 48.4 Å². The van der Waals surface area contributed by atoms with Crippen LogP contribution in [-0.2, 0) is 4.79 Å². The molecule has 0 aliphatic carbocycles. The number of amides is 3. The SMILES string of the molecule is CN1CCN(CCC(=O)Nc2ccc(F)cc2N)C1=O. The molecule has 20 heavy (non-hydrogen) atoms. The third kappa shape index (κ3) is 3.17. The minimum atomic E-state index is -0.453. The maximum absolute atomic E-state index is 12.9. The van der Waals surface area contributed by atoms with Crippen molar-refractivity contribution in [2.45, 2.75) is 6.42 Å². The van der Waals surface area contributed by atoms with Crippen molar-refractivity contribution in [3.63, 3.8) is 0 Å². The van der Waals surface area contributed by atoms with Crippen molar-refractivity contribution in [2.24, 2.45) is 0 Å². The molecule has 0 saturated carbocycles. The summed E-state index contributed by atoms with van der Waals surface area (Å²) in [6.45, 7) is 1.66. The quantitative estimate of drug-likeness (QED) is 0.811. The van der Waals surface area contributed by atoms with Crippen LogP contribution in [0.15, 0.2) is 18.2 Å². The van der Waals surface area contributed by atoms with Gasteiger partial charge in [-0.3, -0.25) is 4.79 Å². The van der Waals surface area contributed by atoms with Gasteiger partial charge in [0.05, 0.1) is 11.4 Å². The van der Waals surface area contributed by atoms with Gasteiger partial charge in [-0.05, 0) is 18.2 Å². The number of halogens is 1. The average molecular weight is 280 g/mol. The van der Waals surface area contributed by atoms with Gasteiger partial charge < -0.3 is 20.9 Å². The largest absolute Gasteiger partial charge is 0.397 e. The molecule has 0 aromatic heterocycles. The molecule has 1 aromatic rings.